The normalized spacial score (nSPS) is 22.8. The second kappa shape index (κ2) is 8.52. The molecule has 1 amide bonds. The minimum atomic E-state index is -0.895. The van der Waals surface area contributed by atoms with Crippen molar-refractivity contribution in [2.45, 2.75) is 76.9 Å². The summed E-state index contributed by atoms with van der Waals surface area (Å²) >= 11 is 6.12. The van der Waals surface area contributed by atoms with Gasteiger partial charge in [-0.25, -0.2) is 9.78 Å². The van der Waals surface area contributed by atoms with Gasteiger partial charge >= 0.3 is 6.09 Å². The van der Waals surface area contributed by atoms with Gasteiger partial charge in [0.1, 0.15) is 5.82 Å². The van der Waals surface area contributed by atoms with Crippen LogP contribution in [-0.4, -0.2) is 49.7 Å². The summed E-state index contributed by atoms with van der Waals surface area (Å²) in [6, 6.07) is 4.49. The number of benzene rings is 1. The number of imidazole rings is 1. The first-order valence-corrected chi connectivity index (χ1v) is 13.2. The number of nitrogens with one attached hydrogen (secondary N) is 1. The third-order valence-electron chi connectivity index (χ3n) is 8.56. The lowest BCUT2D eigenvalue weighted by Crippen LogP contribution is -2.46. The van der Waals surface area contributed by atoms with Crippen molar-refractivity contribution in [2.75, 3.05) is 18.0 Å². The van der Waals surface area contributed by atoms with Crippen molar-refractivity contribution in [2.24, 2.45) is 5.41 Å². The van der Waals surface area contributed by atoms with Crippen LogP contribution in [0.2, 0.25) is 5.02 Å². The summed E-state index contributed by atoms with van der Waals surface area (Å²) in [4.78, 5) is 18.8. The van der Waals surface area contributed by atoms with Crippen LogP contribution in [0, 0.1) is 5.41 Å². The van der Waals surface area contributed by atoms with Gasteiger partial charge in [0.15, 0.2) is 0 Å². The number of halogens is 1. The van der Waals surface area contributed by atoms with Gasteiger partial charge in [0, 0.05) is 29.8 Å². The maximum absolute atomic E-state index is 12.1. The smallest absolute Gasteiger partial charge is 0.412 e. The van der Waals surface area contributed by atoms with Crippen LogP contribution >= 0.6 is 11.6 Å². The number of piperidine rings is 1. The zero-order chi connectivity index (χ0) is 24.3. The fraction of sp³-hybridized carbons (Fsp3) is 0.577. The van der Waals surface area contributed by atoms with E-state index < -0.39 is 6.09 Å². The molecule has 1 aliphatic carbocycles. The molecule has 1 spiro atoms. The summed E-state index contributed by atoms with van der Waals surface area (Å²) in [5, 5.41) is 18.4. The van der Waals surface area contributed by atoms with E-state index in [1.807, 2.05) is 23.9 Å². The van der Waals surface area contributed by atoms with Gasteiger partial charge in [0.05, 0.1) is 34.5 Å². The second-order valence-electron chi connectivity index (χ2n) is 10.9. The highest BCUT2D eigenvalue weighted by molar-refractivity contribution is 6.30. The van der Waals surface area contributed by atoms with Crippen LogP contribution in [0.1, 0.15) is 69.3 Å². The Morgan fingerprint density at radius 3 is 2.77 bits per heavy atom. The molecule has 186 valence electrons. The monoisotopic (exact) mass is 496 g/mol. The van der Waals surface area contributed by atoms with Gasteiger partial charge in [0.25, 0.3) is 0 Å². The summed E-state index contributed by atoms with van der Waals surface area (Å²) < 4.78 is 4.36. The molecule has 35 heavy (non-hydrogen) atoms. The van der Waals surface area contributed by atoms with Crippen molar-refractivity contribution < 1.29 is 9.90 Å². The Hall–Kier alpha value is -2.58. The van der Waals surface area contributed by atoms with Crippen LogP contribution in [0.15, 0.2) is 24.5 Å². The average Bonchev–Trinajstić information content (AvgIpc) is 3.40. The SMILES string of the molecule is CC(Cn1cc(Cl)cn1)c1nc2c3c(ccc2n1C1CC2(CCNCC2)C1)N(C(=O)O)[C@@H](C)CC3. The number of hydrogen-bond donors (Lipinski definition) is 2. The van der Waals surface area contributed by atoms with Crippen LogP contribution < -0.4 is 10.2 Å². The Kier molecular flexibility index (Phi) is 5.56. The Morgan fingerprint density at radius 2 is 2.09 bits per heavy atom. The molecular formula is C26H33ClN6O2. The molecule has 0 bridgehead atoms. The van der Waals surface area contributed by atoms with Crippen molar-refractivity contribution >= 4 is 34.4 Å². The van der Waals surface area contributed by atoms with E-state index in [-0.39, 0.29) is 12.0 Å². The minimum absolute atomic E-state index is 0.0334. The molecule has 2 aromatic heterocycles. The van der Waals surface area contributed by atoms with E-state index in [0.29, 0.717) is 23.0 Å². The minimum Gasteiger partial charge on any atom is -0.465 e. The molecular weight excluding hydrogens is 464 g/mol. The molecule has 2 aliphatic heterocycles. The van der Waals surface area contributed by atoms with Gasteiger partial charge in [-0.05, 0) is 76.1 Å². The highest BCUT2D eigenvalue weighted by atomic mass is 35.5. The number of rotatable bonds is 4. The van der Waals surface area contributed by atoms with Gasteiger partial charge < -0.3 is 15.0 Å². The number of aromatic nitrogens is 4. The van der Waals surface area contributed by atoms with E-state index in [9.17, 15) is 9.90 Å². The van der Waals surface area contributed by atoms with E-state index in [0.717, 1.165) is 54.0 Å². The van der Waals surface area contributed by atoms with Crippen molar-refractivity contribution in [3.8, 4) is 0 Å². The molecule has 1 unspecified atom stereocenters. The first kappa shape index (κ1) is 22.9. The number of carbonyl (C=O) groups is 1. The topological polar surface area (TPSA) is 88.2 Å². The number of anilines is 1. The summed E-state index contributed by atoms with van der Waals surface area (Å²) in [6.45, 7) is 7.09. The molecule has 4 heterocycles. The van der Waals surface area contributed by atoms with E-state index in [4.69, 9.17) is 16.6 Å². The van der Waals surface area contributed by atoms with Crippen molar-refractivity contribution in [3.63, 3.8) is 0 Å². The van der Waals surface area contributed by atoms with Gasteiger partial charge in [-0.3, -0.25) is 9.58 Å². The number of aryl methyl sites for hydroxylation is 1. The fourth-order valence-electron chi connectivity index (χ4n) is 6.73. The summed E-state index contributed by atoms with van der Waals surface area (Å²) in [6.07, 6.45) is 9.13. The molecule has 1 saturated carbocycles. The Morgan fingerprint density at radius 1 is 1.31 bits per heavy atom. The maximum Gasteiger partial charge on any atom is 0.412 e. The van der Waals surface area contributed by atoms with Crippen molar-refractivity contribution in [3.05, 3.63) is 40.9 Å². The van der Waals surface area contributed by atoms with Gasteiger partial charge in [-0.15, -0.1) is 0 Å². The number of fused-ring (bicyclic) bond motifs is 3. The van der Waals surface area contributed by atoms with Crippen LogP contribution in [0.5, 0.6) is 0 Å². The van der Waals surface area contributed by atoms with Gasteiger partial charge in [0.2, 0.25) is 0 Å². The highest BCUT2D eigenvalue weighted by Crippen LogP contribution is 2.55. The Balaban J connectivity index is 1.43. The number of nitrogens with zero attached hydrogens (tertiary/aromatic N) is 5. The van der Waals surface area contributed by atoms with Crippen molar-refractivity contribution in [1.29, 1.82) is 0 Å². The molecule has 3 aromatic rings. The average molecular weight is 497 g/mol. The first-order chi connectivity index (χ1) is 16.8. The molecule has 8 nitrogen and oxygen atoms in total. The molecule has 2 atom stereocenters. The molecule has 3 aliphatic rings. The fourth-order valence-corrected chi connectivity index (χ4v) is 6.88. The van der Waals surface area contributed by atoms with Crippen LogP contribution in [0.3, 0.4) is 0 Å². The molecule has 1 saturated heterocycles. The molecule has 9 heteroatoms. The predicted molar refractivity (Wildman–Crippen MR) is 136 cm³/mol. The largest absolute Gasteiger partial charge is 0.465 e. The zero-order valence-corrected chi connectivity index (χ0v) is 21.1. The van der Waals surface area contributed by atoms with Crippen LogP contribution in [0.25, 0.3) is 11.0 Å². The second-order valence-corrected chi connectivity index (χ2v) is 11.3. The van der Waals surface area contributed by atoms with Crippen LogP contribution in [0.4, 0.5) is 10.5 Å². The molecule has 6 rings (SSSR count). The lowest BCUT2D eigenvalue weighted by Gasteiger charge is -2.51. The summed E-state index contributed by atoms with van der Waals surface area (Å²) in [5.74, 6) is 1.20. The van der Waals surface area contributed by atoms with Crippen LogP contribution in [-0.2, 0) is 13.0 Å². The van der Waals surface area contributed by atoms with E-state index in [1.165, 1.54) is 30.6 Å². The van der Waals surface area contributed by atoms with E-state index >= 15 is 0 Å². The quantitative estimate of drug-likeness (QED) is 0.517. The summed E-state index contributed by atoms with van der Waals surface area (Å²) in [7, 11) is 0. The lowest BCUT2D eigenvalue weighted by molar-refractivity contribution is 0.0289. The van der Waals surface area contributed by atoms with Crippen molar-refractivity contribution in [1.82, 2.24) is 24.6 Å². The zero-order valence-electron chi connectivity index (χ0n) is 20.4. The van der Waals surface area contributed by atoms with Gasteiger partial charge in [-0.1, -0.05) is 18.5 Å². The van der Waals surface area contributed by atoms with E-state index in [1.54, 1.807) is 6.20 Å². The third-order valence-corrected chi connectivity index (χ3v) is 8.75. The predicted octanol–water partition coefficient (Wildman–Crippen LogP) is 5.21. The van der Waals surface area contributed by atoms with Gasteiger partial charge in [-0.2, -0.15) is 5.10 Å². The van der Waals surface area contributed by atoms with E-state index in [2.05, 4.69) is 28.0 Å². The number of carboxylic acid groups (broad SMARTS) is 1. The lowest BCUT2D eigenvalue weighted by atomic mass is 9.60. The standard InChI is InChI=1S/C26H33ClN6O2/c1-16(14-31-15-18(27)13-29-31)24-30-23-20-4-3-17(2)32(25(34)35)21(20)5-6-22(23)33(24)19-11-26(12-19)7-9-28-10-8-26/h5-6,13,15-17,19,28H,3-4,7-12,14H2,1-2H3,(H,34,35)/t16?,17-/m0/s1. The molecule has 0 radical (unpaired) electrons. The Bertz CT molecular complexity index is 1270. The molecule has 2 N–H and O–H groups in total. The maximum atomic E-state index is 12.1. The third kappa shape index (κ3) is 3.82. The first-order valence-electron chi connectivity index (χ1n) is 12.8. The number of hydrogen-bond acceptors (Lipinski definition) is 4. The highest BCUT2D eigenvalue weighted by Gasteiger charge is 2.46. The number of amides is 1. The molecule has 2 fully saturated rings. The Labute approximate surface area is 210 Å². The molecule has 1 aromatic carbocycles. The summed E-state index contributed by atoms with van der Waals surface area (Å²) in [5.41, 5.74) is 4.40.